The average Bonchev–Trinajstić information content (AvgIpc) is 3.16. The summed E-state index contributed by atoms with van der Waals surface area (Å²) >= 11 is 5.98. The second kappa shape index (κ2) is 9.77. The molecule has 4 rings (SSSR count). The SMILES string of the molecule is CCOC(=O)c1cn(-c2ccc3oc(=O)n(CC)c3c2)c(=O)n(Cc2cccc(C(F)(F)F)c2Cl)c1=O. The van der Waals surface area contributed by atoms with Crippen molar-refractivity contribution in [1.82, 2.24) is 13.7 Å². The monoisotopic (exact) mass is 537 g/mol. The van der Waals surface area contributed by atoms with Gasteiger partial charge in [-0.05, 0) is 43.7 Å². The average molecular weight is 538 g/mol. The molecule has 2 aromatic heterocycles. The van der Waals surface area contributed by atoms with Crippen LogP contribution in [0.5, 0.6) is 0 Å². The smallest absolute Gasteiger partial charge is 0.419 e. The third kappa shape index (κ3) is 4.71. The van der Waals surface area contributed by atoms with Gasteiger partial charge >= 0.3 is 23.6 Å². The van der Waals surface area contributed by atoms with Gasteiger partial charge in [0.25, 0.3) is 5.56 Å². The number of alkyl halides is 3. The molecule has 4 aromatic rings. The predicted molar refractivity (Wildman–Crippen MR) is 128 cm³/mol. The molecule has 0 saturated heterocycles. The molecule has 0 fully saturated rings. The highest BCUT2D eigenvalue weighted by atomic mass is 35.5. The van der Waals surface area contributed by atoms with Crippen LogP contribution >= 0.6 is 11.6 Å². The molecule has 0 aliphatic heterocycles. The number of hydrogen-bond donors (Lipinski definition) is 0. The molecule has 0 aliphatic rings. The molecule has 0 amide bonds. The Kier molecular flexibility index (Phi) is 6.87. The molecule has 0 N–H and O–H groups in total. The van der Waals surface area contributed by atoms with E-state index in [1.165, 1.54) is 35.8 Å². The van der Waals surface area contributed by atoms with Gasteiger partial charge in [0.05, 0.1) is 34.9 Å². The lowest BCUT2D eigenvalue weighted by Crippen LogP contribution is -2.42. The summed E-state index contributed by atoms with van der Waals surface area (Å²) in [5.41, 5.74) is -3.08. The predicted octanol–water partition coefficient (Wildman–Crippen LogP) is 3.82. The van der Waals surface area contributed by atoms with Gasteiger partial charge in [-0.3, -0.25) is 18.5 Å². The van der Waals surface area contributed by atoms with Crippen LogP contribution in [0.1, 0.15) is 35.3 Å². The molecule has 0 spiro atoms. The van der Waals surface area contributed by atoms with Crippen LogP contribution < -0.4 is 17.0 Å². The molecule has 0 bridgehead atoms. The van der Waals surface area contributed by atoms with E-state index in [0.717, 1.165) is 22.9 Å². The second-order valence-electron chi connectivity index (χ2n) is 7.85. The van der Waals surface area contributed by atoms with Crippen LogP contribution in [-0.2, 0) is 24.0 Å². The van der Waals surface area contributed by atoms with Crippen molar-refractivity contribution in [1.29, 1.82) is 0 Å². The summed E-state index contributed by atoms with van der Waals surface area (Å²) in [4.78, 5) is 51.2. The first-order chi connectivity index (χ1) is 17.5. The van der Waals surface area contributed by atoms with E-state index in [2.05, 4.69) is 0 Å². The highest BCUT2D eigenvalue weighted by molar-refractivity contribution is 6.32. The zero-order valence-electron chi connectivity index (χ0n) is 19.5. The summed E-state index contributed by atoms with van der Waals surface area (Å²) in [7, 11) is 0. The number of aryl methyl sites for hydroxylation is 1. The summed E-state index contributed by atoms with van der Waals surface area (Å²) < 4.78 is 53.0. The highest BCUT2D eigenvalue weighted by Crippen LogP contribution is 2.36. The Morgan fingerprint density at radius 3 is 2.46 bits per heavy atom. The molecule has 2 heterocycles. The fraction of sp³-hybridized carbons (Fsp3) is 0.250. The number of ether oxygens (including phenoxy) is 1. The van der Waals surface area contributed by atoms with Gasteiger partial charge < -0.3 is 9.15 Å². The van der Waals surface area contributed by atoms with E-state index in [9.17, 15) is 32.3 Å². The van der Waals surface area contributed by atoms with Gasteiger partial charge in [-0.15, -0.1) is 0 Å². The van der Waals surface area contributed by atoms with E-state index in [0.29, 0.717) is 10.1 Å². The lowest BCUT2D eigenvalue weighted by molar-refractivity contribution is -0.137. The van der Waals surface area contributed by atoms with Crippen LogP contribution in [-0.4, -0.2) is 26.3 Å². The zero-order chi connectivity index (χ0) is 27.1. The molecule has 13 heteroatoms. The Hall–Kier alpha value is -4.06. The number of hydrogen-bond acceptors (Lipinski definition) is 6. The summed E-state index contributed by atoms with van der Waals surface area (Å²) in [5.74, 6) is -1.64. The molecule has 2 aromatic carbocycles. The number of rotatable bonds is 6. The fourth-order valence-electron chi connectivity index (χ4n) is 3.87. The van der Waals surface area contributed by atoms with Crippen molar-refractivity contribution in [3.63, 3.8) is 0 Å². The summed E-state index contributed by atoms with van der Waals surface area (Å²) in [6.07, 6.45) is -3.78. The zero-order valence-corrected chi connectivity index (χ0v) is 20.2. The standard InChI is InChI=1S/C24H19ClF3N3O6/c1-3-29-17-10-14(8-9-18(17)37-23(29)35)30-12-15(21(33)36-4-2)20(32)31(22(30)34)11-13-6-5-7-16(19(13)25)24(26,27)28/h5-10,12H,3-4,11H2,1-2H3. The first-order valence-corrected chi connectivity index (χ1v) is 11.4. The van der Waals surface area contributed by atoms with Crippen LogP contribution in [0.3, 0.4) is 0 Å². The number of fused-ring (bicyclic) bond motifs is 1. The quantitative estimate of drug-likeness (QED) is 0.346. The topological polar surface area (TPSA) is 105 Å². The molecule has 37 heavy (non-hydrogen) atoms. The number of aromatic nitrogens is 3. The van der Waals surface area contributed by atoms with Gasteiger partial charge in [0.2, 0.25) is 0 Å². The molecular weight excluding hydrogens is 519 g/mol. The van der Waals surface area contributed by atoms with Crippen molar-refractivity contribution >= 4 is 28.7 Å². The first-order valence-electron chi connectivity index (χ1n) is 11.0. The van der Waals surface area contributed by atoms with Gasteiger partial charge in [0, 0.05) is 12.7 Å². The van der Waals surface area contributed by atoms with Crippen molar-refractivity contribution in [2.45, 2.75) is 33.1 Å². The number of carbonyl (C=O) groups excluding carboxylic acids is 1. The largest absolute Gasteiger partial charge is 0.462 e. The third-order valence-electron chi connectivity index (χ3n) is 5.62. The summed E-state index contributed by atoms with van der Waals surface area (Å²) in [5, 5.41) is -0.679. The number of nitrogens with zero attached hydrogens (tertiary/aromatic N) is 3. The Bertz CT molecular complexity index is 1700. The van der Waals surface area contributed by atoms with Crippen molar-refractivity contribution in [3.8, 4) is 5.69 Å². The van der Waals surface area contributed by atoms with Crippen LogP contribution in [0.2, 0.25) is 5.02 Å². The maximum atomic E-state index is 13.4. The van der Waals surface area contributed by atoms with Crippen LogP contribution in [0, 0.1) is 0 Å². The van der Waals surface area contributed by atoms with Gasteiger partial charge in [0.15, 0.2) is 5.58 Å². The van der Waals surface area contributed by atoms with Crippen LogP contribution in [0.4, 0.5) is 13.2 Å². The minimum absolute atomic E-state index is 0.0688. The van der Waals surface area contributed by atoms with Gasteiger partial charge in [-0.1, -0.05) is 23.7 Å². The van der Waals surface area contributed by atoms with E-state index >= 15 is 0 Å². The van der Waals surface area contributed by atoms with E-state index in [4.69, 9.17) is 20.8 Å². The van der Waals surface area contributed by atoms with Crippen LogP contribution in [0.25, 0.3) is 16.8 Å². The minimum atomic E-state index is -4.76. The Balaban J connectivity index is 1.96. The van der Waals surface area contributed by atoms with E-state index in [1.54, 1.807) is 6.92 Å². The Morgan fingerprint density at radius 1 is 1.08 bits per heavy atom. The minimum Gasteiger partial charge on any atom is -0.462 e. The molecule has 0 aliphatic carbocycles. The second-order valence-corrected chi connectivity index (χ2v) is 8.23. The number of oxazole rings is 1. The van der Waals surface area contributed by atoms with Crippen molar-refractivity contribution < 1.29 is 27.1 Å². The number of carbonyl (C=O) groups is 1. The van der Waals surface area contributed by atoms with Crippen molar-refractivity contribution in [2.75, 3.05) is 6.61 Å². The van der Waals surface area contributed by atoms with Gasteiger partial charge in [-0.2, -0.15) is 13.2 Å². The van der Waals surface area contributed by atoms with Crippen molar-refractivity contribution in [3.05, 3.63) is 95.7 Å². The lowest BCUT2D eigenvalue weighted by Gasteiger charge is -2.15. The van der Waals surface area contributed by atoms with E-state index in [1.807, 2.05) is 0 Å². The molecule has 9 nitrogen and oxygen atoms in total. The summed E-state index contributed by atoms with van der Waals surface area (Å²) in [6.45, 7) is 2.78. The lowest BCUT2D eigenvalue weighted by atomic mass is 10.1. The maximum absolute atomic E-state index is 13.4. The normalized spacial score (nSPS) is 11.7. The molecule has 0 unspecified atom stereocenters. The molecule has 0 saturated carbocycles. The van der Waals surface area contributed by atoms with Crippen LogP contribution in [0.15, 0.2) is 61.4 Å². The van der Waals surface area contributed by atoms with Crippen molar-refractivity contribution in [2.24, 2.45) is 0 Å². The Morgan fingerprint density at radius 2 is 1.81 bits per heavy atom. The molecule has 194 valence electrons. The Labute approximate surface area is 210 Å². The molecule has 0 radical (unpaired) electrons. The molecule has 0 atom stereocenters. The number of halogens is 4. The third-order valence-corrected chi connectivity index (χ3v) is 6.07. The fourth-order valence-corrected chi connectivity index (χ4v) is 4.16. The molecular formula is C24H19ClF3N3O6. The number of benzene rings is 2. The van der Waals surface area contributed by atoms with Gasteiger partial charge in [-0.25, -0.2) is 14.4 Å². The number of esters is 1. The summed E-state index contributed by atoms with van der Waals surface area (Å²) in [6, 6.07) is 7.42. The highest BCUT2D eigenvalue weighted by Gasteiger charge is 2.34. The van der Waals surface area contributed by atoms with E-state index < -0.39 is 51.8 Å². The van der Waals surface area contributed by atoms with E-state index in [-0.39, 0.29) is 30.0 Å². The van der Waals surface area contributed by atoms with Gasteiger partial charge in [0.1, 0.15) is 5.56 Å². The first kappa shape index (κ1) is 26.0. The maximum Gasteiger partial charge on any atom is 0.419 e.